The van der Waals surface area contributed by atoms with Crippen LogP contribution in [0.15, 0.2) is 65.5 Å². The van der Waals surface area contributed by atoms with Gasteiger partial charge >= 0.3 is 0 Å². The van der Waals surface area contributed by atoms with Crippen LogP contribution in [0.4, 0.5) is 0 Å². The van der Waals surface area contributed by atoms with Crippen molar-refractivity contribution in [3.8, 4) is 0 Å². The zero-order valence-corrected chi connectivity index (χ0v) is 20.7. The molecule has 0 amide bonds. The van der Waals surface area contributed by atoms with E-state index in [-0.39, 0.29) is 11.5 Å². The Labute approximate surface area is 203 Å². The average Bonchev–Trinajstić information content (AvgIpc) is 3.04. The van der Waals surface area contributed by atoms with Gasteiger partial charge in [-0.05, 0) is 99.0 Å². The van der Waals surface area contributed by atoms with Gasteiger partial charge in [0.05, 0.1) is 12.2 Å². The molecule has 1 fully saturated rings. The highest BCUT2D eigenvalue weighted by Gasteiger charge is 2.49. The SMILES string of the molecule is CC12CC(O)C3=C(CCC4CCC(O)CC4=C3)C1CC=C2c1cccc2cnccc12.CNC. The largest absolute Gasteiger partial charge is 0.393 e. The van der Waals surface area contributed by atoms with Gasteiger partial charge in [-0.2, -0.15) is 0 Å². The number of aliphatic hydroxyl groups excluding tert-OH is 2. The van der Waals surface area contributed by atoms with E-state index in [0.29, 0.717) is 11.8 Å². The molecule has 6 rings (SSSR count). The molecule has 0 saturated heterocycles. The lowest BCUT2D eigenvalue weighted by Gasteiger charge is -2.44. The molecule has 180 valence electrons. The summed E-state index contributed by atoms with van der Waals surface area (Å²) < 4.78 is 0. The first kappa shape index (κ1) is 23.5. The molecule has 1 aromatic heterocycles. The van der Waals surface area contributed by atoms with Gasteiger partial charge in [0.1, 0.15) is 0 Å². The first-order valence-electron chi connectivity index (χ1n) is 12.9. The molecule has 5 unspecified atom stereocenters. The molecular weight excluding hydrogens is 420 g/mol. The second kappa shape index (κ2) is 9.41. The molecule has 4 nitrogen and oxygen atoms in total. The highest BCUT2D eigenvalue weighted by atomic mass is 16.3. The topological polar surface area (TPSA) is 65.4 Å². The van der Waals surface area contributed by atoms with Gasteiger partial charge in [-0.25, -0.2) is 0 Å². The molecule has 34 heavy (non-hydrogen) atoms. The predicted octanol–water partition coefficient (Wildman–Crippen LogP) is 5.42. The fraction of sp³-hybridized carbons (Fsp3) is 0.500. The first-order valence-corrected chi connectivity index (χ1v) is 12.9. The van der Waals surface area contributed by atoms with Crippen LogP contribution < -0.4 is 5.32 Å². The second-order valence-electron chi connectivity index (χ2n) is 10.8. The Bertz CT molecular complexity index is 1160. The monoisotopic (exact) mass is 458 g/mol. The number of aliphatic hydroxyl groups is 2. The van der Waals surface area contributed by atoms with Crippen LogP contribution in [0.2, 0.25) is 0 Å². The number of fused-ring (bicyclic) bond motifs is 4. The number of nitrogens with zero attached hydrogens (tertiary/aromatic N) is 1. The molecule has 5 atom stereocenters. The lowest BCUT2D eigenvalue weighted by Crippen LogP contribution is -2.37. The summed E-state index contributed by atoms with van der Waals surface area (Å²) in [5.74, 6) is 1.03. The van der Waals surface area contributed by atoms with E-state index >= 15 is 0 Å². The molecular formula is C30H38N2O2. The lowest BCUT2D eigenvalue weighted by atomic mass is 9.61. The maximum Gasteiger partial charge on any atom is 0.0798 e. The third-order valence-corrected chi connectivity index (χ3v) is 8.63. The van der Waals surface area contributed by atoms with Crippen LogP contribution in [0.25, 0.3) is 16.3 Å². The molecule has 2 aromatic rings. The van der Waals surface area contributed by atoms with E-state index in [1.54, 1.807) is 0 Å². The summed E-state index contributed by atoms with van der Waals surface area (Å²) in [4.78, 5) is 4.31. The number of benzene rings is 1. The van der Waals surface area contributed by atoms with Gasteiger partial charge in [0.15, 0.2) is 0 Å². The van der Waals surface area contributed by atoms with Gasteiger partial charge in [0, 0.05) is 23.2 Å². The van der Waals surface area contributed by atoms with E-state index in [0.717, 1.165) is 44.9 Å². The van der Waals surface area contributed by atoms with Crippen molar-refractivity contribution < 1.29 is 10.2 Å². The van der Waals surface area contributed by atoms with Gasteiger partial charge in [-0.15, -0.1) is 0 Å². The molecule has 4 aliphatic carbocycles. The van der Waals surface area contributed by atoms with Crippen molar-refractivity contribution in [1.82, 2.24) is 10.3 Å². The fourth-order valence-electron chi connectivity index (χ4n) is 7.06. The Morgan fingerprint density at radius 1 is 1.09 bits per heavy atom. The third-order valence-electron chi connectivity index (χ3n) is 8.63. The number of aromatic nitrogens is 1. The number of hydrogen-bond acceptors (Lipinski definition) is 4. The Balaban J connectivity index is 0.000000764. The summed E-state index contributed by atoms with van der Waals surface area (Å²) >= 11 is 0. The Kier molecular flexibility index (Phi) is 6.49. The minimum Gasteiger partial charge on any atom is -0.393 e. The van der Waals surface area contributed by atoms with Crippen molar-refractivity contribution in [3.63, 3.8) is 0 Å². The van der Waals surface area contributed by atoms with Crippen molar-refractivity contribution in [3.05, 3.63) is 71.1 Å². The van der Waals surface area contributed by atoms with Gasteiger partial charge in [-0.1, -0.05) is 48.4 Å². The van der Waals surface area contributed by atoms with Crippen LogP contribution in [0, 0.1) is 17.3 Å². The normalized spacial score (nSPS) is 32.5. The molecule has 1 aromatic carbocycles. The van der Waals surface area contributed by atoms with Gasteiger partial charge in [-0.3, -0.25) is 4.98 Å². The van der Waals surface area contributed by atoms with Crippen LogP contribution in [-0.4, -0.2) is 41.5 Å². The van der Waals surface area contributed by atoms with E-state index in [1.165, 1.54) is 38.6 Å². The van der Waals surface area contributed by atoms with E-state index < -0.39 is 6.10 Å². The first-order chi connectivity index (χ1) is 16.5. The predicted molar refractivity (Wildman–Crippen MR) is 139 cm³/mol. The van der Waals surface area contributed by atoms with Gasteiger partial charge in [0.2, 0.25) is 0 Å². The molecule has 0 radical (unpaired) electrons. The van der Waals surface area contributed by atoms with Crippen molar-refractivity contribution in [2.75, 3.05) is 14.1 Å². The molecule has 1 heterocycles. The second-order valence-corrected chi connectivity index (χ2v) is 10.8. The molecule has 0 bridgehead atoms. The highest BCUT2D eigenvalue weighted by molar-refractivity contribution is 5.95. The van der Waals surface area contributed by atoms with Crippen LogP contribution >= 0.6 is 0 Å². The average molecular weight is 459 g/mol. The van der Waals surface area contributed by atoms with Crippen molar-refractivity contribution in [2.45, 2.75) is 64.1 Å². The smallest absolute Gasteiger partial charge is 0.0798 e. The maximum absolute atomic E-state index is 11.4. The van der Waals surface area contributed by atoms with E-state index in [9.17, 15) is 10.2 Å². The van der Waals surface area contributed by atoms with Crippen LogP contribution in [-0.2, 0) is 0 Å². The van der Waals surface area contributed by atoms with Crippen molar-refractivity contribution >= 4 is 16.3 Å². The maximum atomic E-state index is 11.4. The van der Waals surface area contributed by atoms with E-state index in [1.807, 2.05) is 26.5 Å². The minimum absolute atomic E-state index is 0.0522. The van der Waals surface area contributed by atoms with Crippen LogP contribution in [0.1, 0.15) is 57.4 Å². The molecule has 4 aliphatic rings. The Hall–Kier alpha value is -2.27. The molecule has 1 saturated carbocycles. The quantitative estimate of drug-likeness (QED) is 0.534. The highest BCUT2D eigenvalue weighted by Crippen LogP contribution is 2.60. The van der Waals surface area contributed by atoms with E-state index in [2.05, 4.69) is 53.6 Å². The molecule has 0 aliphatic heterocycles. The summed E-state index contributed by atoms with van der Waals surface area (Å²) in [6.45, 7) is 2.37. The van der Waals surface area contributed by atoms with Crippen LogP contribution in [0.3, 0.4) is 0 Å². The summed E-state index contributed by atoms with van der Waals surface area (Å²) in [6, 6.07) is 8.62. The number of nitrogens with one attached hydrogen (secondary N) is 1. The Morgan fingerprint density at radius 2 is 1.91 bits per heavy atom. The summed E-state index contributed by atoms with van der Waals surface area (Å²) in [6.07, 6.45) is 14.7. The van der Waals surface area contributed by atoms with Gasteiger partial charge < -0.3 is 15.5 Å². The number of hydrogen-bond donors (Lipinski definition) is 3. The fourth-order valence-corrected chi connectivity index (χ4v) is 7.06. The zero-order chi connectivity index (χ0) is 23.9. The Morgan fingerprint density at radius 3 is 2.74 bits per heavy atom. The van der Waals surface area contributed by atoms with Gasteiger partial charge in [0.25, 0.3) is 0 Å². The molecule has 3 N–H and O–H groups in total. The third kappa shape index (κ3) is 3.96. The number of allylic oxidation sites excluding steroid dienone is 3. The standard InChI is InChI=1S/C28H31NO2.C2H7N/c1-28-15-27(31)24-14-19-13-20(30)7-5-17(19)6-8-23(24)26(28)10-9-25(28)22-4-2-3-18-16-29-12-11-21(18)22;1-3-2/h2-4,9,11-12,14,16-17,20,26-27,30-31H,5-8,10,13,15H2,1H3;3H,1-2H3. The number of pyridine rings is 1. The molecule has 4 heteroatoms. The zero-order valence-electron chi connectivity index (χ0n) is 20.7. The minimum atomic E-state index is -0.431. The number of rotatable bonds is 1. The summed E-state index contributed by atoms with van der Waals surface area (Å²) in [5.41, 5.74) is 6.66. The summed E-state index contributed by atoms with van der Waals surface area (Å²) in [7, 11) is 3.75. The van der Waals surface area contributed by atoms with Crippen molar-refractivity contribution in [2.24, 2.45) is 17.3 Å². The van der Waals surface area contributed by atoms with Crippen LogP contribution in [0.5, 0.6) is 0 Å². The lowest BCUT2D eigenvalue weighted by molar-refractivity contribution is 0.124. The summed E-state index contributed by atoms with van der Waals surface area (Å²) in [5, 5.41) is 26.8. The molecule has 0 spiro atoms. The van der Waals surface area contributed by atoms with E-state index in [4.69, 9.17) is 0 Å². The van der Waals surface area contributed by atoms with Crippen molar-refractivity contribution in [1.29, 1.82) is 0 Å².